The highest BCUT2D eigenvalue weighted by molar-refractivity contribution is 7.81. The first-order valence-electron chi connectivity index (χ1n) is 9.99. The number of ether oxygens (including phenoxy) is 2. The molecule has 2 saturated heterocycles. The van der Waals surface area contributed by atoms with Gasteiger partial charge < -0.3 is 44.8 Å². The molecule has 206 valence electrons. The molecule has 0 amide bonds. The summed E-state index contributed by atoms with van der Waals surface area (Å²) in [4.78, 5) is 44.6. The van der Waals surface area contributed by atoms with Crippen molar-refractivity contribution in [2.24, 2.45) is 0 Å². The van der Waals surface area contributed by atoms with Gasteiger partial charge in [0.25, 0.3) is 5.56 Å². The summed E-state index contributed by atoms with van der Waals surface area (Å²) in [6.45, 7) is -1.73. The summed E-state index contributed by atoms with van der Waals surface area (Å²) in [6.07, 6.45) is -12.6. The molecule has 3 rings (SSSR count). The van der Waals surface area contributed by atoms with Crippen LogP contribution in [0, 0.1) is 0 Å². The van der Waals surface area contributed by atoms with Crippen molar-refractivity contribution in [3.8, 4) is 0 Å². The SMILES string of the molecule is O=c1ccn(C2OC(COP(=O)(O)OP(=O)(O)OC3OC(CO)C(S)C(O)C3O)C(O)C2O)c(=O)[nH]1. The molecular weight excluding hydrogens is 558 g/mol. The maximum absolute atomic E-state index is 12.2. The molecule has 2 aliphatic heterocycles. The van der Waals surface area contributed by atoms with Gasteiger partial charge in [-0.25, -0.2) is 13.9 Å². The lowest BCUT2D eigenvalue weighted by molar-refractivity contribution is -0.241. The monoisotopic (exact) mass is 582 g/mol. The topological polar surface area (TPSA) is 277 Å². The molecule has 2 fully saturated rings. The van der Waals surface area contributed by atoms with Crippen LogP contribution in [-0.4, -0.2) is 106 Å². The number of aromatic amines is 1. The van der Waals surface area contributed by atoms with E-state index in [0.717, 1.165) is 16.8 Å². The molecule has 0 aliphatic carbocycles. The van der Waals surface area contributed by atoms with Crippen molar-refractivity contribution in [2.45, 2.75) is 54.4 Å². The van der Waals surface area contributed by atoms with Crippen LogP contribution in [0.5, 0.6) is 0 Å². The second kappa shape index (κ2) is 11.4. The van der Waals surface area contributed by atoms with Crippen LogP contribution in [0.2, 0.25) is 0 Å². The summed E-state index contributed by atoms with van der Waals surface area (Å²) >= 11 is 3.93. The zero-order valence-corrected chi connectivity index (χ0v) is 20.5. The Balaban J connectivity index is 1.61. The Hall–Kier alpha value is -0.990. The normalized spacial score (nSPS) is 38.4. The third-order valence-electron chi connectivity index (χ3n) is 5.16. The molecule has 18 nitrogen and oxygen atoms in total. The first-order valence-corrected chi connectivity index (χ1v) is 13.5. The van der Waals surface area contributed by atoms with Crippen molar-refractivity contribution in [1.82, 2.24) is 9.55 Å². The van der Waals surface area contributed by atoms with E-state index in [2.05, 4.69) is 26.0 Å². The zero-order valence-electron chi connectivity index (χ0n) is 17.9. The number of nitrogens with zero attached hydrogens (tertiary/aromatic N) is 1. The quantitative estimate of drug-likeness (QED) is 0.0995. The van der Waals surface area contributed by atoms with E-state index in [4.69, 9.17) is 9.47 Å². The van der Waals surface area contributed by atoms with E-state index >= 15 is 0 Å². The van der Waals surface area contributed by atoms with Gasteiger partial charge in [0.05, 0.1) is 30.7 Å². The van der Waals surface area contributed by atoms with E-state index in [0.29, 0.717) is 0 Å². The molecule has 11 unspecified atom stereocenters. The molecule has 11 atom stereocenters. The smallest absolute Gasteiger partial charge is 0.394 e. The molecule has 0 radical (unpaired) electrons. The molecule has 21 heteroatoms. The third kappa shape index (κ3) is 6.71. The minimum absolute atomic E-state index is 0.724. The fourth-order valence-corrected chi connectivity index (χ4v) is 5.85. The van der Waals surface area contributed by atoms with Gasteiger partial charge >= 0.3 is 21.3 Å². The number of H-pyrrole nitrogens is 1. The fraction of sp³-hybridized carbons (Fsp3) is 0.733. The molecule has 1 aromatic rings. The minimum Gasteiger partial charge on any atom is -0.394 e. The number of rotatable bonds is 9. The highest BCUT2D eigenvalue weighted by Gasteiger charge is 2.49. The number of hydrogen-bond donors (Lipinski definition) is 9. The molecule has 0 bridgehead atoms. The van der Waals surface area contributed by atoms with E-state index < -0.39 is 94.5 Å². The maximum Gasteiger partial charge on any atom is 0.483 e. The molecule has 36 heavy (non-hydrogen) atoms. The third-order valence-corrected chi connectivity index (χ3v) is 8.39. The lowest BCUT2D eigenvalue weighted by Gasteiger charge is -2.40. The lowest BCUT2D eigenvalue weighted by atomic mass is 10.0. The first-order chi connectivity index (χ1) is 16.7. The fourth-order valence-electron chi connectivity index (χ4n) is 3.35. The van der Waals surface area contributed by atoms with E-state index in [9.17, 15) is 54.0 Å². The molecule has 0 aromatic carbocycles. The van der Waals surface area contributed by atoms with Crippen molar-refractivity contribution < 1.29 is 67.3 Å². The highest BCUT2D eigenvalue weighted by atomic mass is 32.1. The van der Waals surface area contributed by atoms with Crippen LogP contribution in [0.25, 0.3) is 0 Å². The van der Waals surface area contributed by atoms with Gasteiger partial charge in [-0.1, -0.05) is 0 Å². The largest absolute Gasteiger partial charge is 0.483 e. The number of phosphoric ester groups is 2. The average Bonchev–Trinajstić information content (AvgIpc) is 3.06. The summed E-state index contributed by atoms with van der Waals surface area (Å²) in [5.74, 6) is 0. The summed E-state index contributed by atoms with van der Waals surface area (Å²) in [6, 6.07) is 0.938. The minimum atomic E-state index is -5.54. The van der Waals surface area contributed by atoms with Crippen molar-refractivity contribution in [3.63, 3.8) is 0 Å². The predicted octanol–water partition coefficient (Wildman–Crippen LogP) is -3.86. The Labute approximate surface area is 206 Å². The number of nitrogens with one attached hydrogen (secondary N) is 1. The van der Waals surface area contributed by atoms with Crippen LogP contribution in [0.15, 0.2) is 21.9 Å². The number of aliphatic hydroxyl groups is 5. The Morgan fingerprint density at radius 3 is 2.28 bits per heavy atom. The molecule has 8 N–H and O–H groups in total. The summed E-state index contributed by atoms with van der Waals surface area (Å²) < 4.78 is 48.5. The number of aliphatic hydroxyl groups excluding tert-OH is 5. The van der Waals surface area contributed by atoms with E-state index in [-0.39, 0.29) is 0 Å². The first kappa shape index (κ1) is 29.6. The van der Waals surface area contributed by atoms with Gasteiger partial charge in [0, 0.05) is 12.3 Å². The van der Waals surface area contributed by atoms with Crippen molar-refractivity contribution in [3.05, 3.63) is 33.1 Å². The second-order valence-corrected chi connectivity index (χ2v) is 11.3. The number of phosphoric acid groups is 2. The summed E-state index contributed by atoms with van der Waals surface area (Å²) in [7, 11) is -11.0. The average molecular weight is 582 g/mol. The van der Waals surface area contributed by atoms with Crippen LogP contribution in [-0.2, 0) is 32.0 Å². The van der Waals surface area contributed by atoms with Gasteiger partial charge in [0.15, 0.2) is 12.5 Å². The maximum atomic E-state index is 12.2. The van der Waals surface area contributed by atoms with Gasteiger partial charge in [-0.2, -0.15) is 16.9 Å². The Morgan fingerprint density at radius 1 is 1.00 bits per heavy atom. The molecule has 1 aromatic heterocycles. The van der Waals surface area contributed by atoms with Crippen LogP contribution in [0.1, 0.15) is 6.23 Å². The van der Waals surface area contributed by atoms with Crippen LogP contribution >= 0.6 is 28.3 Å². The Bertz CT molecular complexity index is 1130. The van der Waals surface area contributed by atoms with Crippen molar-refractivity contribution >= 4 is 28.3 Å². The predicted molar refractivity (Wildman–Crippen MR) is 116 cm³/mol. The summed E-state index contributed by atoms with van der Waals surface area (Å²) in [5.41, 5.74) is -1.73. The van der Waals surface area contributed by atoms with Crippen LogP contribution in [0.4, 0.5) is 0 Å². The van der Waals surface area contributed by atoms with Gasteiger partial charge in [0.1, 0.15) is 24.4 Å². The number of hydrogen-bond acceptors (Lipinski definition) is 15. The van der Waals surface area contributed by atoms with Crippen molar-refractivity contribution in [2.75, 3.05) is 13.2 Å². The van der Waals surface area contributed by atoms with Crippen LogP contribution in [0.3, 0.4) is 0 Å². The van der Waals surface area contributed by atoms with E-state index in [1.807, 2.05) is 4.98 Å². The standard InChI is InChI=1S/C15H24N2O16P2S/c18-3-5-12(36)9(21)11(23)14(31-5)32-35(27,28)33-34(25,26)29-4-6-8(20)10(22)13(30-6)17-2-1-7(19)16-15(17)24/h1-2,5-6,8-14,18,20-23,36H,3-4H2,(H,25,26)(H,27,28)(H,16,19,24). The molecule has 3 heterocycles. The van der Waals surface area contributed by atoms with Gasteiger partial charge in [-0.3, -0.25) is 23.4 Å². The number of thiol groups is 1. The lowest BCUT2D eigenvalue weighted by Crippen LogP contribution is -2.57. The summed E-state index contributed by atoms with van der Waals surface area (Å²) in [5, 5.41) is 48.2. The molecule has 0 saturated carbocycles. The van der Waals surface area contributed by atoms with Crippen LogP contribution < -0.4 is 11.2 Å². The Morgan fingerprint density at radius 2 is 1.67 bits per heavy atom. The van der Waals surface area contributed by atoms with Gasteiger partial charge in [-0.15, -0.1) is 0 Å². The van der Waals surface area contributed by atoms with E-state index in [1.54, 1.807) is 0 Å². The highest BCUT2D eigenvalue weighted by Crippen LogP contribution is 2.61. The van der Waals surface area contributed by atoms with Gasteiger partial charge in [-0.05, 0) is 0 Å². The van der Waals surface area contributed by atoms with E-state index in [1.165, 1.54) is 0 Å². The van der Waals surface area contributed by atoms with Gasteiger partial charge in [0.2, 0.25) is 0 Å². The molecule has 2 aliphatic rings. The number of aromatic nitrogens is 2. The second-order valence-electron chi connectivity index (χ2n) is 7.68. The molecular formula is C15H24N2O16P2S. The molecule has 0 spiro atoms. The Kier molecular flexibility index (Phi) is 9.36. The van der Waals surface area contributed by atoms with Crippen molar-refractivity contribution in [1.29, 1.82) is 0 Å². The zero-order chi connectivity index (χ0) is 27.0.